The maximum Gasteiger partial charge on any atom is 0.490 e. The van der Waals surface area contributed by atoms with Crippen molar-refractivity contribution in [1.29, 1.82) is 0 Å². The Bertz CT molecular complexity index is 3110. The molecule has 2 aliphatic heterocycles. The summed E-state index contributed by atoms with van der Waals surface area (Å²) >= 11 is 0. The Morgan fingerprint density at radius 2 is 1.74 bits per heavy atom. The highest BCUT2D eigenvalue weighted by Gasteiger charge is 2.43. The van der Waals surface area contributed by atoms with Crippen molar-refractivity contribution in [2.45, 2.75) is 24.9 Å². The van der Waals surface area contributed by atoms with E-state index in [-0.39, 0.29) is 74.7 Å². The van der Waals surface area contributed by atoms with Gasteiger partial charge in [-0.3, -0.25) is 23.9 Å². The summed E-state index contributed by atoms with van der Waals surface area (Å²) in [5.74, 6) is 3.00. The number of hydrogen-bond donors (Lipinski definition) is 10. The number of amides is 1. The molecule has 2 unspecified atom stereocenters. The number of fused-ring (bicyclic) bond motifs is 3. The number of nitrogens with zero attached hydrogens (tertiary/aromatic N) is 2. The number of carboxylic acid groups (broad SMARTS) is 1. The van der Waals surface area contributed by atoms with E-state index in [2.05, 4.69) is 40.3 Å². The van der Waals surface area contributed by atoms with Gasteiger partial charge >= 0.3 is 29.4 Å². The van der Waals surface area contributed by atoms with Crippen LogP contribution in [0.2, 0.25) is 0 Å². The molecule has 24 nitrogen and oxygen atoms in total. The number of ether oxygens (including phenoxy) is 1. The summed E-state index contributed by atoms with van der Waals surface area (Å²) in [5, 5.41) is 33.8. The number of H-pyrrole nitrogens is 1. The van der Waals surface area contributed by atoms with Crippen LogP contribution < -0.4 is 22.0 Å². The van der Waals surface area contributed by atoms with Gasteiger partial charge in [0.1, 0.15) is 29.4 Å². The highest BCUT2D eigenvalue weighted by atomic mass is 31.3. The van der Waals surface area contributed by atoms with Crippen molar-refractivity contribution in [3.05, 3.63) is 98.1 Å². The Morgan fingerprint density at radius 1 is 1.00 bits per heavy atom. The number of benzene rings is 3. The highest BCUT2D eigenvalue weighted by molar-refractivity contribution is 7.66. The molecule has 1 aliphatic carbocycles. The van der Waals surface area contributed by atoms with Crippen molar-refractivity contribution in [2.24, 2.45) is 0 Å². The molecule has 62 heavy (non-hydrogen) atoms. The van der Waals surface area contributed by atoms with Crippen LogP contribution in [0.3, 0.4) is 0 Å². The number of aliphatic hydroxyl groups excluding tert-OH is 1. The average Bonchev–Trinajstić information content (AvgIpc) is 3.72. The van der Waals surface area contributed by atoms with E-state index in [0.29, 0.717) is 16.5 Å². The number of aromatic carboxylic acids is 1. The number of phenolic OH excluding ortho intramolecular Hbond substituents is 1. The van der Waals surface area contributed by atoms with E-state index >= 15 is 0 Å². The molecule has 0 spiro atoms. The van der Waals surface area contributed by atoms with Crippen LogP contribution in [0, 0.1) is 11.8 Å². The molecule has 0 saturated carbocycles. The first-order valence-corrected chi connectivity index (χ1v) is 22.0. The number of nitrogens with one attached hydrogen (secondary N) is 2. The molecule has 27 heteroatoms. The molecule has 324 valence electrons. The zero-order chi connectivity index (χ0) is 44.9. The molecule has 4 aromatic rings. The van der Waals surface area contributed by atoms with E-state index in [4.69, 9.17) is 24.7 Å². The zero-order valence-electron chi connectivity index (χ0n) is 31.0. The first kappa shape index (κ1) is 44.0. The minimum atomic E-state index is -5.81. The van der Waals surface area contributed by atoms with E-state index in [1.165, 1.54) is 59.3 Å². The lowest BCUT2D eigenvalue weighted by Crippen LogP contribution is -2.26. The van der Waals surface area contributed by atoms with E-state index in [1.807, 2.05) is 0 Å². The van der Waals surface area contributed by atoms with Crippen LogP contribution in [-0.4, -0.2) is 86.7 Å². The second-order valence-corrected chi connectivity index (χ2v) is 17.7. The molecule has 1 saturated heterocycles. The summed E-state index contributed by atoms with van der Waals surface area (Å²) in [6, 6.07) is 12.2. The Morgan fingerprint density at radius 3 is 2.47 bits per heavy atom. The molecule has 5 atom stereocenters. The number of aliphatic hydroxyl groups is 1. The second-order valence-electron chi connectivity index (χ2n) is 13.3. The number of phenols is 1. The summed E-state index contributed by atoms with van der Waals surface area (Å²) < 4.78 is 59.5. The van der Waals surface area contributed by atoms with Gasteiger partial charge in [0.2, 0.25) is 5.95 Å². The van der Waals surface area contributed by atoms with E-state index in [1.54, 1.807) is 0 Å². The molecule has 2 aromatic heterocycles. The normalized spacial score (nSPS) is 18.6. The standard InChI is InChI=1S/C35H30N5O19P3/c36-35-38-31-29(33(45)39-35)17(14-40(31)28-13-24(43)27(57-28)15-55-61(51,52)59-62(53,54)58-60(48,49)50)2-1-9-37-32(44)16-3-6-20(23(10-16)34(46)47)30-21-7-4-18(41)11-25(21)56-26-12-19(42)5-8-22(26)30/h3-8,10-12,14,24,27-28,41,43H,9,13,15H2,(H,37,44)(H,46,47)(H,51,52)(H,53,54)(H2,48,49,50)(H3,36,38,39,45)/t24-,27+,28+/m0/s1. The number of aromatic amines is 1. The number of carbonyl (C=O) groups is 2. The van der Waals surface area contributed by atoms with Crippen LogP contribution in [0.25, 0.3) is 44.5 Å². The van der Waals surface area contributed by atoms with Gasteiger partial charge < -0.3 is 59.7 Å². The summed E-state index contributed by atoms with van der Waals surface area (Å²) in [7, 11) is -17.0. The predicted molar refractivity (Wildman–Crippen MR) is 211 cm³/mol. The molecule has 1 amide bonds. The number of rotatable bonds is 12. The highest BCUT2D eigenvalue weighted by Crippen LogP contribution is 2.66. The average molecular weight is 918 g/mol. The lowest BCUT2D eigenvalue weighted by molar-refractivity contribution is -0.0421. The topological polar surface area (TPSA) is 383 Å². The van der Waals surface area contributed by atoms with Gasteiger partial charge in [-0.05, 0) is 42.0 Å². The van der Waals surface area contributed by atoms with Gasteiger partial charge in [0.15, 0.2) is 11.1 Å². The third-order valence-electron chi connectivity index (χ3n) is 9.05. The van der Waals surface area contributed by atoms with E-state index < -0.39 is 65.9 Å². The van der Waals surface area contributed by atoms with Gasteiger partial charge in [-0.25, -0.2) is 18.5 Å². The van der Waals surface area contributed by atoms with Crippen molar-refractivity contribution in [2.75, 3.05) is 18.9 Å². The number of anilines is 1. The summed E-state index contributed by atoms with van der Waals surface area (Å²) in [5.41, 5.74) is 5.43. The lowest BCUT2D eigenvalue weighted by atomic mass is 9.90. The first-order valence-electron chi connectivity index (χ1n) is 17.4. The minimum absolute atomic E-state index is 0.0433. The third-order valence-corrected chi connectivity index (χ3v) is 12.9. The minimum Gasteiger partial charge on any atom is -0.508 e. The van der Waals surface area contributed by atoms with Crippen molar-refractivity contribution in [3.8, 4) is 40.0 Å². The Hall–Kier alpha value is -6.02. The van der Waals surface area contributed by atoms with E-state index in [9.17, 15) is 58.0 Å². The predicted octanol–water partition coefficient (Wildman–Crippen LogP) is 2.36. The number of phosphoric acid groups is 3. The Kier molecular flexibility index (Phi) is 11.9. The fraction of sp³-hybridized carbons (Fsp3) is 0.171. The smallest absolute Gasteiger partial charge is 0.490 e. The van der Waals surface area contributed by atoms with Crippen molar-refractivity contribution in [1.82, 2.24) is 19.9 Å². The molecule has 4 heterocycles. The number of carbonyl (C=O) groups excluding carboxylic acids is 1. The molecule has 7 rings (SSSR count). The van der Waals surface area contributed by atoms with Crippen molar-refractivity contribution in [3.63, 3.8) is 0 Å². The third kappa shape index (κ3) is 9.55. The summed E-state index contributed by atoms with van der Waals surface area (Å²) in [4.78, 5) is 94.1. The molecule has 1 fully saturated rings. The van der Waals surface area contributed by atoms with Crippen LogP contribution in [0.4, 0.5) is 5.95 Å². The number of aromatic nitrogens is 3. The number of phosphoric ester groups is 1. The fourth-order valence-electron chi connectivity index (χ4n) is 6.59. The molecule has 3 aliphatic rings. The van der Waals surface area contributed by atoms with Crippen molar-refractivity contribution >= 4 is 63.3 Å². The van der Waals surface area contributed by atoms with Gasteiger partial charge in [-0.15, -0.1) is 0 Å². The van der Waals surface area contributed by atoms with Gasteiger partial charge in [0, 0.05) is 46.8 Å². The number of hydrogen-bond acceptors (Lipinski definition) is 16. The molecule has 0 radical (unpaired) electrons. The maximum absolute atomic E-state index is 13.3. The molecule has 2 aromatic carbocycles. The number of nitrogen functional groups attached to an aromatic ring is 1. The van der Waals surface area contributed by atoms with Crippen LogP contribution in [0.5, 0.6) is 5.75 Å². The number of aromatic hydroxyl groups is 1. The molecular formula is C35H30N5O19P3. The van der Waals surface area contributed by atoms with Crippen LogP contribution in [0.15, 0.2) is 74.8 Å². The fourth-order valence-corrected chi connectivity index (χ4v) is 9.62. The SMILES string of the molecule is Nc1nc2c(c(C#CCNC(=O)c3ccc(-c4c5ccc(=O)cc-5oc5cc(O)ccc45)c(C(=O)O)c3)cn2[C@H]2C[C@H](O)[C@@H](COP(=O)(O)OP(=O)(O)OP(=O)(O)O)O2)c(=O)[nH]1. The van der Waals surface area contributed by atoms with Gasteiger partial charge in [-0.2, -0.15) is 13.6 Å². The molecule has 0 bridgehead atoms. The van der Waals surface area contributed by atoms with Crippen LogP contribution >= 0.6 is 23.5 Å². The second kappa shape index (κ2) is 16.7. The van der Waals surface area contributed by atoms with Crippen molar-refractivity contribution < 1.29 is 80.5 Å². The van der Waals surface area contributed by atoms with Gasteiger partial charge in [0.05, 0.1) is 35.8 Å². The van der Waals surface area contributed by atoms with Gasteiger partial charge in [-0.1, -0.05) is 17.9 Å². The number of carboxylic acids is 1. The largest absolute Gasteiger partial charge is 0.508 e. The monoisotopic (exact) mass is 917 g/mol. The molecular weight excluding hydrogens is 887 g/mol. The number of nitrogens with two attached hydrogens (primary N) is 1. The zero-order valence-corrected chi connectivity index (χ0v) is 33.7. The van der Waals surface area contributed by atoms with Crippen LogP contribution in [0.1, 0.15) is 38.9 Å². The Balaban J connectivity index is 1.09. The van der Waals surface area contributed by atoms with Gasteiger partial charge in [0.25, 0.3) is 11.5 Å². The van der Waals surface area contributed by atoms with Crippen LogP contribution in [-0.2, 0) is 31.6 Å². The Labute approximate surface area is 344 Å². The summed E-state index contributed by atoms with van der Waals surface area (Å²) in [6.07, 6.45) is -2.96. The first-order chi connectivity index (χ1) is 29.1. The molecule has 11 N–H and O–H groups in total. The van der Waals surface area contributed by atoms with E-state index in [0.717, 1.165) is 6.07 Å². The quantitative estimate of drug-likeness (QED) is 0.0478. The lowest BCUT2D eigenvalue weighted by Gasteiger charge is -2.19. The maximum atomic E-state index is 13.3. The summed E-state index contributed by atoms with van der Waals surface area (Å²) in [6.45, 7) is -1.29.